The lowest BCUT2D eigenvalue weighted by atomic mass is 9.70. The number of aliphatic hydroxyl groups excluding tert-OH is 1. The fraction of sp³-hybridized carbons (Fsp3) is 0.250. The Bertz CT molecular complexity index is 1510. The third-order valence-corrected chi connectivity index (χ3v) is 8.17. The maximum absolute atomic E-state index is 12.8. The van der Waals surface area contributed by atoms with Crippen molar-refractivity contribution in [1.29, 1.82) is 5.26 Å². The van der Waals surface area contributed by atoms with Gasteiger partial charge in [-0.3, -0.25) is 4.98 Å². The molecule has 0 saturated heterocycles. The molecule has 0 radical (unpaired) electrons. The zero-order valence-corrected chi connectivity index (χ0v) is 21.5. The fourth-order valence-corrected chi connectivity index (χ4v) is 6.53. The van der Waals surface area contributed by atoms with Crippen LogP contribution in [-0.2, 0) is 17.7 Å². The van der Waals surface area contributed by atoms with Gasteiger partial charge in [-0.15, -0.1) is 0 Å². The predicted molar refractivity (Wildman–Crippen MR) is 145 cm³/mol. The van der Waals surface area contributed by atoms with Gasteiger partial charge in [0.2, 0.25) is 0 Å². The summed E-state index contributed by atoms with van der Waals surface area (Å²) in [6.07, 6.45) is 1.86. The van der Waals surface area contributed by atoms with Gasteiger partial charge in [-0.25, -0.2) is 0 Å². The Labute approximate surface area is 227 Å². The molecule has 0 amide bonds. The number of methoxy groups -OCH3 is 1. The molecule has 1 saturated carbocycles. The number of nitriles is 1. The smallest absolute Gasteiger partial charge is 0.177 e. The van der Waals surface area contributed by atoms with Crippen LogP contribution in [0.25, 0.3) is 0 Å². The van der Waals surface area contributed by atoms with Gasteiger partial charge >= 0.3 is 0 Å². The van der Waals surface area contributed by atoms with E-state index >= 15 is 0 Å². The SMILES string of the molecule is COc1cncc2c1[C@]1(O)[C@H](O)[C@H](CNCc3ccccc3)C(c3ccccc3)C1(c1ccc(C#N)cc1)O2. The van der Waals surface area contributed by atoms with Gasteiger partial charge < -0.3 is 25.0 Å². The van der Waals surface area contributed by atoms with Crippen molar-refractivity contribution in [2.75, 3.05) is 13.7 Å². The standard InChI is InChI=1S/C32H29N3O4/c1-38-26-19-35-20-27-29(26)31(37)30(36)25(18-34-17-22-8-4-2-5-9-22)28(23-10-6-3-7-11-23)32(31,39-27)24-14-12-21(16-33)13-15-24/h2-15,19-20,25,28,30,34,36-37H,17-18H2,1H3/t25-,28?,30-,31+,32?/m1/s1. The van der Waals surface area contributed by atoms with E-state index in [1.807, 2.05) is 60.7 Å². The Morgan fingerprint density at radius 1 is 1.00 bits per heavy atom. The Hall–Kier alpha value is -4.22. The summed E-state index contributed by atoms with van der Waals surface area (Å²) in [6.45, 7) is 1.03. The van der Waals surface area contributed by atoms with Gasteiger partial charge in [-0.2, -0.15) is 5.26 Å². The van der Waals surface area contributed by atoms with Crippen LogP contribution in [0.4, 0.5) is 0 Å². The Morgan fingerprint density at radius 3 is 2.36 bits per heavy atom. The molecule has 5 atom stereocenters. The van der Waals surface area contributed by atoms with Gasteiger partial charge in [0, 0.05) is 24.9 Å². The molecular weight excluding hydrogens is 490 g/mol. The lowest BCUT2D eigenvalue weighted by Crippen LogP contribution is -2.52. The summed E-state index contributed by atoms with van der Waals surface area (Å²) in [5, 5.41) is 37.9. The normalized spacial score (nSPS) is 26.8. The van der Waals surface area contributed by atoms with Crippen LogP contribution in [0.5, 0.6) is 11.5 Å². The number of hydrogen-bond acceptors (Lipinski definition) is 7. The van der Waals surface area contributed by atoms with Crippen molar-refractivity contribution in [1.82, 2.24) is 10.3 Å². The van der Waals surface area contributed by atoms with Crippen molar-refractivity contribution >= 4 is 0 Å². The van der Waals surface area contributed by atoms with Crippen LogP contribution >= 0.6 is 0 Å². The highest BCUT2D eigenvalue weighted by Crippen LogP contribution is 2.69. The van der Waals surface area contributed by atoms with Crippen molar-refractivity contribution in [3.63, 3.8) is 0 Å². The van der Waals surface area contributed by atoms with Gasteiger partial charge in [0.25, 0.3) is 0 Å². The second-order valence-corrected chi connectivity index (χ2v) is 10.1. The largest absolute Gasteiger partial charge is 0.495 e. The zero-order chi connectivity index (χ0) is 27.0. The molecule has 3 N–H and O–H groups in total. The Morgan fingerprint density at radius 2 is 1.69 bits per heavy atom. The Balaban J connectivity index is 1.54. The van der Waals surface area contributed by atoms with E-state index in [2.05, 4.69) is 16.4 Å². The van der Waals surface area contributed by atoms with Crippen LogP contribution < -0.4 is 14.8 Å². The molecule has 3 aromatic carbocycles. The lowest BCUT2D eigenvalue weighted by molar-refractivity contribution is -0.152. The predicted octanol–water partition coefficient (Wildman–Crippen LogP) is 4.00. The van der Waals surface area contributed by atoms with E-state index in [9.17, 15) is 15.5 Å². The lowest BCUT2D eigenvalue weighted by Gasteiger charge is -2.41. The maximum atomic E-state index is 12.8. The number of ether oxygens (including phenoxy) is 2. The molecule has 1 fully saturated rings. The minimum atomic E-state index is -1.87. The van der Waals surface area contributed by atoms with Crippen LogP contribution in [0, 0.1) is 17.2 Å². The third-order valence-electron chi connectivity index (χ3n) is 8.17. The molecule has 0 spiro atoms. The van der Waals surface area contributed by atoms with E-state index in [4.69, 9.17) is 9.47 Å². The first kappa shape index (κ1) is 25.1. The fourth-order valence-electron chi connectivity index (χ4n) is 6.53. The number of pyridine rings is 1. The molecule has 7 heteroatoms. The maximum Gasteiger partial charge on any atom is 0.177 e. The van der Waals surface area contributed by atoms with Crippen molar-refractivity contribution in [2.45, 2.75) is 29.8 Å². The highest BCUT2D eigenvalue weighted by Gasteiger charge is 2.76. The number of nitrogens with one attached hydrogen (secondary N) is 1. The number of fused-ring (bicyclic) bond motifs is 3. The highest BCUT2D eigenvalue weighted by molar-refractivity contribution is 5.59. The van der Waals surface area contributed by atoms with E-state index in [1.165, 1.54) is 13.3 Å². The first-order valence-electron chi connectivity index (χ1n) is 13.0. The molecule has 2 unspecified atom stereocenters. The van der Waals surface area contributed by atoms with E-state index in [0.717, 1.165) is 11.1 Å². The molecule has 1 aliphatic carbocycles. The number of rotatable bonds is 7. The van der Waals surface area contributed by atoms with Gasteiger partial charge in [0.1, 0.15) is 11.5 Å². The van der Waals surface area contributed by atoms with Crippen LogP contribution in [0.15, 0.2) is 97.3 Å². The van der Waals surface area contributed by atoms with Crippen molar-refractivity contribution in [2.24, 2.45) is 5.92 Å². The molecule has 196 valence electrons. The number of aromatic nitrogens is 1. The average Bonchev–Trinajstić information content (AvgIpc) is 3.36. The zero-order valence-electron chi connectivity index (χ0n) is 21.5. The summed E-state index contributed by atoms with van der Waals surface area (Å²) < 4.78 is 12.4. The molecule has 4 aromatic rings. The molecule has 1 aliphatic heterocycles. The first-order valence-corrected chi connectivity index (χ1v) is 13.0. The average molecular weight is 520 g/mol. The quantitative estimate of drug-likeness (QED) is 0.339. The van der Waals surface area contributed by atoms with E-state index < -0.39 is 29.1 Å². The van der Waals surface area contributed by atoms with Crippen molar-refractivity contribution in [3.8, 4) is 17.6 Å². The molecule has 6 rings (SSSR count). The summed E-state index contributed by atoms with van der Waals surface area (Å²) in [5.74, 6) is -0.207. The number of aliphatic hydroxyl groups is 2. The summed E-state index contributed by atoms with van der Waals surface area (Å²) in [6, 6.07) is 29.1. The minimum Gasteiger partial charge on any atom is -0.495 e. The van der Waals surface area contributed by atoms with Crippen LogP contribution in [-0.4, -0.2) is 35.0 Å². The second-order valence-electron chi connectivity index (χ2n) is 10.1. The second kappa shape index (κ2) is 9.83. The van der Waals surface area contributed by atoms with E-state index in [1.54, 1.807) is 30.5 Å². The highest BCUT2D eigenvalue weighted by atomic mass is 16.5. The van der Waals surface area contributed by atoms with Gasteiger partial charge in [-0.05, 0) is 28.8 Å². The first-order chi connectivity index (χ1) is 19.0. The molecule has 7 nitrogen and oxygen atoms in total. The third kappa shape index (κ3) is 3.72. The summed E-state index contributed by atoms with van der Waals surface area (Å²) in [5.41, 5.74) is 0.275. The molecule has 1 aromatic heterocycles. The Kier molecular flexibility index (Phi) is 6.32. The van der Waals surface area contributed by atoms with Crippen LogP contribution in [0.3, 0.4) is 0 Å². The van der Waals surface area contributed by atoms with Crippen LogP contribution in [0.1, 0.15) is 33.7 Å². The monoisotopic (exact) mass is 519 g/mol. The molecule has 2 aliphatic rings. The number of nitrogens with zero attached hydrogens (tertiary/aromatic N) is 2. The molecule has 0 bridgehead atoms. The molecule has 39 heavy (non-hydrogen) atoms. The summed E-state index contributed by atoms with van der Waals surface area (Å²) >= 11 is 0. The van der Waals surface area contributed by atoms with Crippen molar-refractivity contribution in [3.05, 3.63) is 125 Å². The van der Waals surface area contributed by atoms with Gasteiger partial charge in [0.15, 0.2) is 11.2 Å². The summed E-state index contributed by atoms with van der Waals surface area (Å²) in [4.78, 5) is 4.26. The molecule has 2 heterocycles. The van der Waals surface area contributed by atoms with E-state index in [0.29, 0.717) is 41.3 Å². The minimum absolute atomic E-state index is 0.342. The van der Waals surface area contributed by atoms with E-state index in [-0.39, 0.29) is 0 Å². The van der Waals surface area contributed by atoms with Crippen LogP contribution in [0.2, 0.25) is 0 Å². The number of hydrogen-bond donors (Lipinski definition) is 3. The van der Waals surface area contributed by atoms with Gasteiger partial charge in [-0.1, -0.05) is 72.8 Å². The topological polar surface area (TPSA) is 108 Å². The number of benzene rings is 3. The molecular formula is C32H29N3O4. The van der Waals surface area contributed by atoms with Gasteiger partial charge in [0.05, 0.1) is 42.8 Å². The van der Waals surface area contributed by atoms with Crippen molar-refractivity contribution < 1.29 is 19.7 Å². The summed E-state index contributed by atoms with van der Waals surface area (Å²) in [7, 11) is 1.51.